The molecule has 1 unspecified atom stereocenters. The highest BCUT2D eigenvalue weighted by Crippen LogP contribution is 2.26. The van der Waals surface area contributed by atoms with E-state index in [-0.39, 0.29) is 11.8 Å². The largest absolute Gasteiger partial charge is 0.301 e. The molecule has 1 aromatic carbocycles. The summed E-state index contributed by atoms with van der Waals surface area (Å²) in [6.07, 6.45) is 4.24. The maximum Gasteiger partial charge on any atom is 0.233 e. The van der Waals surface area contributed by atoms with Gasteiger partial charge in [0.25, 0.3) is 0 Å². The topological polar surface area (TPSA) is 54.9 Å². The first-order valence-corrected chi connectivity index (χ1v) is 8.37. The van der Waals surface area contributed by atoms with Crippen molar-refractivity contribution in [2.75, 3.05) is 5.32 Å². The number of hydrogen-bond donors (Lipinski definition) is 1. The van der Waals surface area contributed by atoms with Gasteiger partial charge in [-0.1, -0.05) is 37.3 Å². The number of benzene rings is 1. The van der Waals surface area contributed by atoms with Gasteiger partial charge in [0.15, 0.2) is 5.13 Å². The van der Waals surface area contributed by atoms with Crippen molar-refractivity contribution in [1.29, 1.82) is 0 Å². The molecule has 4 nitrogen and oxygen atoms in total. The fourth-order valence-electron chi connectivity index (χ4n) is 2.43. The van der Waals surface area contributed by atoms with Gasteiger partial charge in [-0.2, -0.15) is 0 Å². The Hall–Kier alpha value is -2.53. The SMILES string of the molecule is CCC(C(=O)Nc1nc(-c2cccnc2)cs1)c1ccccc1. The molecule has 0 aliphatic heterocycles. The molecule has 2 heterocycles. The molecule has 0 aliphatic carbocycles. The van der Waals surface area contributed by atoms with Gasteiger partial charge in [0.1, 0.15) is 0 Å². The first kappa shape index (κ1) is 15.4. The molecule has 23 heavy (non-hydrogen) atoms. The summed E-state index contributed by atoms with van der Waals surface area (Å²) in [5, 5.41) is 5.47. The highest BCUT2D eigenvalue weighted by Gasteiger charge is 2.19. The van der Waals surface area contributed by atoms with E-state index in [1.807, 2.05) is 54.8 Å². The third kappa shape index (κ3) is 3.63. The van der Waals surface area contributed by atoms with E-state index in [1.165, 1.54) is 11.3 Å². The molecule has 3 aromatic rings. The summed E-state index contributed by atoms with van der Waals surface area (Å²) in [6, 6.07) is 13.6. The number of aromatic nitrogens is 2. The summed E-state index contributed by atoms with van der Waals surface area (Å²) in [5.74, 6) is -0.187. The molecule has 3 rings (SSSR count). The molecule has 0 aliphatic rings. The number of carbonyl (C=O) groups is 1. The Morgan fingerprint density at radius 1 is 1.22 bits per heavy atom. The van der Waals surface area contributed by atoms with Crippen LogP contribution in [0, 0.1) is 0 Å². The smallest absolute Gasteiger partial charge is 0.233 e. The van der Waals surface area contributed by atoms with Crippen molar-refractivity contribution in [3.63, 3.8) is 0 Å². The molecule has 1 amide bonds. The maximum atomic E-state index is 12.5. The van der Waals surface area contributed by atoms with Crippen LogP contribution in [0.25, 0.3) is 11.3 Å². The summed E-state index contributed by atoms with van der Waals surface area (Å²) in [6.45, 7) is 2.01. The van der Waals surface area contributed by atoms with E-state index in [4.69, 9.17) is 0 Å². The van der Waals surface area contributed by atoms with Crippen LogP contribution in [0.3, 0.4) is 0 Å². The maximum absolute atomic E-state index is 12.5. The first-order valence-electron chi connectivity index (χ1n) is 7.49. The predicted octanol–water partition coefficient (Wildman–Crippen LogP) is 4.34. The zero-order valence-electron chi connectivity index (χ0n) is 12.8. The Morgan fingerprint density at radius 3 is 2.74 bits per heavy atom. The second kappa shape index (κ2) is 7.15. The Morgan fingerprint density at radius 2 is 2.04 bits per heavy atom. The molecule has 0 radical (unpaired) electrons. The van der Waals surface area contributed by atoms with Gasteiger partial charge in [-0.05, 0) is 24.1 Å². The van der Waals surface area contributed by atoms with Crippen LogP contribution in [0.2, 0.25) is 0 Å². The molecule has 0 saturated carbocycles. The Balaban J connectivity index is 1.74. The standard InChI is InChI=1S/C18H17N3OS/c1-2-15(13-7-4-3-5-8-13)17(22)21-18-20-16(12-23-18)14-9-6-10-19-11-14/h3-12,15H,2H2,1H3,(H,20,21,22). The minimum Gasteiger partial charge on any atom is -0.301 e. The minimum absolute atomic E-state index is 0.0224. The molecular weight excluding hydrogens is 306 g/mol. The zero-order chi connectivity index (χ0) is 16.1. The van der Waals surface area contributed by atoms with Crippen LogP contribution >= 0.6 is 11.3 Å². The average Bonchev–Trinajstić information content (AvgIpc) is 3.06. The van der Waals surface area contributed by atoms with Crippen LogP contribution in [-0.4, -0.2) is 15.9 Å². The number of carbonyl (C=O) groups excluding carboxylic acids is 1. The van der Waals surface area contributed by atoms with Gasteiger partial charge in [0, 0.05) is 23.3 Å². The molecule has 116 valence electrons. The normalized spacial score (nSPS) is 11.9. The van der Waals surface area contributed by atoms with Gasteiger partial charge in [0.2, 0.25) is 5.91 Å². The van der Waals surface area contributed by atoms with Crippen LogP contribution in [0.1, 0.15) is 24.8 Å². The number of rotatable bonds is 5. The van der Waals surface area contributed by atoms with Crippen molar-refractivity contribution < 1.29 is 4.79 Å². The lowest BCUT2D eigenvalue weighted by Gasteiger charge is -2.14. The molecule has 5 heteroatoms. The summed E-state index contributed by atoms with van der Waals surface area (Å²) in [7, 11) is 0. The lowest BCUT2D eigenvalue weighted by molar-refractivity contribution is -0.117. The van der Waals surface area contributed by atoms with Crippen LogP contribution in [-0.2, 0) is 4.79 Å². The molecule has 0 fully saturated rings. The van der Waals surface area contributed by atoms with Gasteiger partial charge in [-0.25, -0.2) is 4.98 Å². The monoisotopic (exact) mass is 323 g/mol. The number of hydrogen-bond acceptors (Lipinski definition) is 4. The van der Waals surface area contributed by atoms with E-state index in [2.05, 4.69) is 15.3 Å². The summed E-state index contributed by atoms with van der Waals surface area (Å²) >= 11 is 1.42. The summed E-state index contributed by atoms with van der Waals surface area (Å²) < 4.78 is 0. The number of amides is 1. The number of anilines is 1. The van der Waals surface area contributed by atoms with Gasteiger partial charge >= 0.3 is 0 Å². The predicted molar refractivity (Wildman–Crippen MR) is 93.4 cm³/mol. The van der Waals surface area contributed by atoms with Crippen LogP contribution in [0.5, 0.6) is 0 Å². The molecular formula is C18H17N3OS. The van der Waals surface area contributed by atoms with Gasteiger partial charge in [0.05, 0.1) is 11.6 Å². The van der Waals surface area contributed by atoms with Crippen LogP contribution in [0.15, 0.2) is 60.2 Å². The number of thiazole rings is 1. The van der Waals surface area contributed by atoms with Crippen molar-refractivity contribution in [1.82, 2.24) is 9.97 Å². The van der Waals surface area contributed by atoms with Crippen LogP contribution in [0.4, 0.5) is 5.13 Å². The Kier molecular flexibility index (Phi) is 4.78. The van der Waals surface area contributed by atoms with Crippen molar-refractivity contribution in [2.45, 2.75) is 19.3 Å². The third-order valence-electron chi connectivity index (χ3n) is 3.62. The third-order valence-corrected chi connectivity index (χ3v) is 4.38. The van der Waals surface area contributed by atoms with E-state index in [9.17, 15) is 4.79 Å². The van der Waals surface area contributed by atoms with Crippen molar-refractivity contribution in [2.24, 2.45) is 0 Å². The molecule has 0 spiro atoms. The molecule has 0 bridgehead atoms. The molecule has 1 N–H and O–H groups in total. The fourth-order valence-corrected chi connectivity index (χ4v) is 3.15. The van der Waals surface area contributed by atoms with E-state index in [0.29, 0.717) is 5.13 Å². The van der Waals surface area contributed by atoms with E-state index in [0.717, 1.165) is 23.2 Å². The minimum atomic E-state index is -0.165. The highest BCUT2D eigenvalue weighted by atomic mass is 32.1. The summed E-state index contributed by atoms with van der Waals surface area (Å²) in [4.78, 5) is 21.1. The van der Waals surface area contributed by atoms with Crippen molar-refractivity contribution in [3.05, 3.63) is 65.8 Å². The molecule has 2 aromatic heterocycles. The van der Waals surface area contributed by atoms with Gasteiger partial charge in [-0.3, -0.25) is 9.78 Å². The lowest BCUT2D eigenvalue weighted by Crippen LogP contribution is -2.20. The Labute approximate surface area is 139 Å². The zero-order valence-corrected chi connectivity index (χ0v) is 13.6. The first-order chi connectivity index (χ1) is 11.3. The lowest BCUT2D eigenvalue weighted by atomic mass is 9.96. The van der Waals surface area contributed by atoms with Crippen LogP contribution < -0.4 is 5.32 Å². The van der Waals surface area contributed by atoms with Crippen molar-refractivity contribution >= 4 is 22.4 Å². The Bertz CT molecular complexity index is 771. The highest BCUT2D eigenvalue weighted by molar-refractivity contribution is 7.14. The van der Waals surface area contributed by atoms with E-state index in [1.54, 1.807) is 12.4 Å². The number of nitrogens with zero attached hydrogens (tertiary/aromatic N) is 2. The fraction of sp³-hybridized carbons (Fsp3) is 0.167. The van der Waals surface area contributed by atoms with E-state index >= 15 is 0 Å². The quantitative estimate of drug-likeness (QED) is 0.760. The van der Waals surface area contributed by atoms with E-state index < -0.39 is 0 Å². The van der Waals surface area contributed by atoms with Gasteiger partial charge in [-0.15, -0.1) is 11.3 Å². The second-order valence-corrected chi connectivity index (χ2v) is 6.00. The van der Waals surface area contributed by atoms with Crippen molar-refractivity contribution in [3.8, 4) is 11.3 Å². The average molecular weight is 323 g/mol. The second-order valence-electron chi connectivity index (χ2n) is 5.14. The number of pyridine rings is 1. The summed E-state index contributed by atoms with van der Waals surface area (Å²) in [5.41, 5.74) is 2.79. The number of nitrogens with one attached hydrogen (secondary N) is 1. The molecule has 1 atom stereocenters. The molecule has 0 saturated heterocycles. The van der Waals surface area contributed by atoms with Gasteiger partial charge < -0.3 is 5.32 Å².